The summed E-state index contributed by atoms with van der Waals surface area (Å²) in [5.41, 5.74) is 6.64. The summed E-state index contributed by atoms with van der Waals surface area (Å²) in [6, 6.07) is 8.15. The molecule has 0 bridgehead atoms. The van der Waals surface area contributed by atoms with Gasteiger partial charge in [-0.2, -0.15) is 0 Å². The van der Waals surface area contributed by atoms with Crippen molar-refractivity contribution in [2.24, 2.45) is 11.1 Å². The predicted molar refractivity (Wildman–Crippen MR) is 92.9 cm³/mol. The van der Waals surface area contributed by atoms with Crippen molar-refractivity contribution in [3.05, 3.63) is 51.2 Å². The molecule has 3 rings (SSSR count). The summed E-state index contributed by atoms with van der Waals surface area (Å²) in [5.74, 6) is 1.46. The minimum atomic E-state index is -0.467. The second kappa shape index (κ2) is 6.55. The number of rotatable bonds is 5. The van der Waals surface area contributed by atoms with Gasteiger partial charge in [-0.25, -0.2) is 0 Å². The van der Waals surface area contributed by atoms with E-state index >= 15 is 0 Å². The van der Waals surface area contributed by atoms with Crippen molar-refractivity contribution in [3.8, 4) is 11.3 Å². The van der Waals surface area contributed by atoms with Gasteiger partial charge in [0.05, 0.1) is 16.5 Å². The van der Waals surface area contributed by atoms with Crippen LogP contribution in [0.25, 0.3) is 11.3 Å². The highest BCUT2D eigenvalue weighted by Gasteiger charge is 2.32. The fourth-order valence-corrected chi connectivity index (χ4v) is 3.34. The van der Waals surface area contributed by atoms with Gasteiger partial charge in [0.2, 0.25) is 0 Å². The number of nitrogens with zero attached hydrogens (tertiary/aromatic N) is 2. The van der Waals surface area contributed by atoms with Crippen LogP contribution >= 0.6 is 11.6 Å². The second-order valence-electron chi connectivity index (χ2n) is 6.66. The smallest absolute Gasteiger partial charge is 0.270 e. The zero-order valence-electron chi connectivity index (χ0n) is 13.5. The van der Waals surface area contributed by atoms with Crippen molar-refractivity contribution in [1.82, 2.24) is 4.90 Å². The van der Waals surface area contributed by atoms with Gasteiger partial charge in [0, 0.05) is 24.2 Å². The van der Waals surface area contributed by atoms with Gasteiger partial charge in [-0.3, -0.25) is 15.0 Å². The molecule has 6 nitrogen and oxygen atoms in total. The van der Waals surface area contributed by atoms with Gasteiger partial charge in [0.15, 0.2) is 0 Å². The lowest BCUT2D eigenvalue weighted by molar-refractivity contribution is -0.384. The molecule has 7 heteroatoms. The van der Waals surface area contributed by atoms with Gasteiger partial charge in [-0.05, 0) is 43.1 Å². The predicted octanol–water partition coefficient (Wildman–Crippen LogP) is 3.68. The first kappa shape index (κ1) is 17.0. The van der Waals surface area contributed by atoms with Crippen molar-refractivity contribution in [2.75, 3.05) is 19.6 Å². The minimum absolute atomic E-state index is 0.0336. The molecule has 0 saturated carbocycles. The Bertz CT molecular complexity index is 761. The maximum absolute atomic E-state index is 10.8. The Morgan fingerprint density at radius 3 is 2.83 bits per heavy atom. The molecular weight excluding hydrogens is 330 g/mol. The average molecular weight is 350 g/mol. The van der Waals surface area contributed by atoms with Crippen LogP contribution in [0.5, 0.6) is 0 Å². The number of benzene rings is 1. The normalized spacial score (nSPS) is 21.3. The molecule has 0 spiro atoms. The number of nitro benzene ring substituents is 1. The third kappa shape index (κ3) is 3.45. The molecule has 24 heavy (non-hydrogen) atoms. The molecule has 1 fully saturated rings. The van der Waals surface area contributed by atoms with Gasteiger partial charge >= 0.3 is 0 Å². The van der Waals surface area contributed by atoms with Gasteiger partial charge in [-0.1, -0.05) is 18.5 Å². The zero-order valence-corrected chi connectivity index (χ0v) is 14.3. The van der Waals surface area contributed by atoms with E-state index in [1.807, 2.05) is 12.1 Å². The van der Waals surface area contributed by atoms with Gasteiger partial charge in [-0.15, -0.1) is 0 Å². The number of hydrogen-bond acceptors (Lipinski definition) is 5. The summed E-state index contributed by atoms with van der Waals surface area (Å²) in [6.07, 6.45) is 1.09. The average Bonchev–Trinajstić information content (AvgIpc) is 3.15. The van der Waals surface area contributed by atoms with E-state index in [4.69, 9.17) is 21.8 Å². The summed E-state index contributed by atoms with van der Waals surface area (Å²) in [4.78, 5) is 12.6. The Kier molecular flexibility index (Phi) is 4.62. The Hall–Kier alpha value is -1.89. The van der Waals surface area contributed by atoms with Gasteiger partial charge < -0.3 is 10.2 Å². The van der Waals surface area contributed by atoms with Crippen LogP contribution in [0.1, 0.15) is 19.1 Å². The number of furan rings is 1. The van der Waals surface area contributed by atoms with Crippen LogP contribution in [0.3, 0.4) is 0 Å². The van der Waals surface area contributed by atoms with E-state index in [2.05, 4.69) is 11.8 Å². The van der Waals surface area contributed by atoms with E-state index < -0.39 is 4.92 Å². The summed E-state index contributed by atoms with van der Waals surface area (Å²) in [7, 11) is 0. The molecule has 0 aliphatic carbocycles. The standard InChI is InChI=1S/C17H20ClN3O3/c1-17(10-19)6-7-20(11-17)9-13-3-5-16(24-13)14-4-2-12(21(22)23)8-15(14)18/h2-5,8H,6-7,9-11,19H2,1H3. The summed E-state index contributed by atoms with van der Waals surface area (Å²) in [6.45, 7) is 5.57. The third-order valence-electron chi connectivity index (χ3n) is 4.60. The Labute approximate surface area is 145 Å². The Balaban J connectivity index is 1.73. The molecule has 1 aliphatic rings. The molecule has 2 N–H and O–H groups in total. The number of hydrogen-bond donors (Lipinski definition) is 1. The van der Waals surface area contributed by atoms with E-state index in [9.17, 15) is 10.1 Å². The van der Waals surface area contributed by atoms with Crippen LogP contribution in [0.15, 0.2) is 34.7 Å². The lowest BCUT2D eigenvalue weighted by Crippen LogP contribution is -2.31. The monoisotopic (exact) mass is 349 g/mol. The van der Waals surface area contributed by atoms with Gasteiger partial charge in [0.1, 0.15) is 11.5 Å². The van der Waals surface area contributed by atoms with E-state index in [0.29, 0.717) is 22.9 Å². The van der Waals surface area contributed by atoms with E-state index in [-0.39, 0.29) is 11.1 Å². The number of nitrogens with two attached hydrogens (primary N) is 1. The van der Waals surface area contributed by atoms with Crippen molar-refractivity contribution in [1.29, 1.82) is 0 Å². The van der Waals surface area contributed by atoms with Crippen molar-refractivity contribution in [2.45, 2.75) is 19.9 Å². The third-order valence-corrected chi connectivity index (χ3v) is 4.91. The SMILES string of the molecule is CC1(CN)CCN(Cc2ccc(-c3ccc([N+](=O)[O-])cc3Cl)o2)C1. The number of halogens is 1. The van der Waals surface area contributed by atoms with E-state index in [1.165, 1.54) is 12.1 Å². The first-order chi connectivity index (χ1) is 11.4. The maximum atomic E-state index is 10.8. The molecule has 128 valence electrons. The molecule has 1 atom stereocenters. The fraction of sp³-hybridized carbons (Fsp3) is 0.412. The molecule has 1 aromatic heterocycles. The van der Waals surface area contributed by atoms with E-state index in [0.717, 1.165) is 31.8 Å². The molecule has 1 aliphatic heterocycles. The molecular formula is C17H20ClN3O3. The number of nitro groups is 1. The van der Waals surface area contributed by atoms with Crippen LogP contribution in [0.4, 0.5) is 5.69 Å². The van der Waals surface area contributed by atoms with Crippen LogP contribution < -0.4 is 5.73 Å². The zero-order chi connectivity index (χ0) is 17.3. The molecule has 1 saturated heterocycles. The highest BCUT2D eigenvalue weighted by molar-refractivity contribution is 6.33. The van der Waals surface area contributed by atoms with E-state index in [1.54, 1.807) is 6.07 Å². The Morgan fingerprint density at radius 2 is 2.21 bits per heavy atom. The minimum Gasteiger partial charge on any atom is -0.460 e. The first-order valence-electron chi connectivity index (χ1n) is 7.86. The quantitative estimate of drug-likeness (QED) is 0.657. The lowest BCUT2D eigenvalue weighted by Gasteiger charge is -2.22. The molecule has 0 amide bonds. The highest BCUT2D eigenvalue weighted by atomic mass is 35.5. The van der Waals surface area contributed by atoms with Crippen LogP contribution in [-0.2, 0) is 6.54 Å². The number of non-ortho nitro benzene ring substituents is 1. The van der Waals surface area contributed by atoms with Gasteiger partial charge in [0.25, 0.3) is 5.69 Å². The van der Waals surface area contributed by atoms with Crippen LogP contribution in [0.2, 0.25) is 5.02 Å². The molecule has 1 unspecified atom stereocenters. The molecule has 1 aromatic carbocycles. The maximum Gasteiger partial charge on any atom is 0.270 e. The summed E-state index contributed by atoms with van der Waals surface area (Å²) in [5, 5.41) is 11.1. The van der Waals surface area contributed by atoms with Crippen molar-refractivity contribution < 1.29 is 9.34 Å². The Morgan fingerprint density at radius 1 is 1.42 bits per heavy atom. The van der Waals surface area contributed by atoms with Crippen LogP contribution in [0, 0.1) is 15.5 Å². The lowest BCUT2D eigenvalue weighted by atomic mass is 9.90. The topological polar surface area (TPSA) is 85.5 Å². The summed E-state index contributed by atoms with van der Waals surface area (Å²) >= 11 is 6.15. The summed E-state index contributed by atoms with van der Waals surface area (Å²) < 4.78 is 5.89. The van der Waals surface area contributed by atoms with Crippen molar-refractivity contribution >= 4 is 17.3 Å². The highest BCUT2D eigenvalue weighted by Crippen LogP contribution is 2.34. The molecule has 2 aromatic rings. The largest absolute Gasteiger partial charge is 0.460 e. The first-order valence-corrected chi connectivity index (χ1v) is 8.23. The van der Waals surface area contributed by atoms with Crippen molar-refractivity contribution in [3.63, 3.8) is 0 Å². The molecule has 2 heterocycles. The van der Waals surface area contributed by atoms with Crippen LogP contribution in [-0.4, -0.2) is 29.5 Å². The fourth-order valence-electron chi connectivity index (χ4n) is 3.07. The second-order valence-corrected chi connectivity index (χ2v) is 7.07. The number of likely N-dealkylation sites (tertiary alicyclic amines) is 1. The molecule has 0 radical (unpaired) electrons.